The van der Waals surface area contributed by atoms with Crippen LogP contribution in [0.5, 0.6) is 5.75 Å². The molecule has 0 spiro atoms. The molecular formula is C11H7F3O. The first-order valence-corrected chi connectivity index (χ1v) is 3.95. The van der Waals surface area contributed by atoms with Gasteiger partial charge in [-0.25, -0.2) is 0 Å². The van der Waals surface area contributed by atoms with Crippen molar-refractivity contribution in [2.75, 3.05) is 0 Å². The predicted octanol–water partition coefficient (Wildman–Crippen LogP) is 3.21. The fourth-order valence-corrected chi connectivity index (χ4v) is 1.06. The summed E-state index contributed by atoms with van der Waals surface area (Å²) in [7, 11) is 0. The molecule has 0 aliphatic heterocycles. The van der Waals surface area contributed by atoms with E-state index in [0.29, 0.717) is 0 Å². The summed E-state index contributed by atoms with van der Waals surface area (Å²) in [6.45, 7) is 3.38. The molecule has 0 fully saturated rings. The highest BCUT2D eigenvalue weighted by Crippen LogP contribution is 2.30. The van der Waals surface area contributed by atoms with Gasteiger partial charge in [-0.05, 0) is 6.07 Å². The minimum atomic E-state index is -4.76. The average molecular weight is 212 g/mol. The Kier molecular flexibility index (Phi) is 3.05. The molecule has 0 saturated carbocycles. The molecule has 0 bridgehead atoms. The van der Waals surface area contributed by atoms with Gasteiger partial charge in [-0.2, -0.15) is 0 Å². The second-order valence-electron chi connectivity index (χ2n) is 2.62. The van der Waals surface area contributed by atoms with Crippen LogP contribution in [0.3, 0.4) is 0 Å². The first-order valence-electron chi connectivity index (χ1n) is 3.95. The van der Waals surface area contributed by atoms with Crippen LogP contribution in [0.1, 0.15) is 11.1 Å². The molecule has 1 aromatic rings. The zero-order chi connectivity index (χ0) is 11.5. The monoisotopic (exact) mass is 212 g/mol. The van der Waals surface area contributed by atoms with Gasteiger partial charge in [0.2, 0.25) is 0 Å². The van der Waals surface area contributed by atoms with Gasteiger partial charge in [-0.3, -0.25) is 0 Å². The Bertz CT molecular complexity index is 413. The lowest BCUT2D eigenvalue weighted by Gasteiger charge is -2.12. The number of para-hydroxylation sites is 1. The number of ether oxygens (including phenoxy) is 1. The van der Waals surface area contributed by atoms with Gasteiger partial charge in [-0.15, -0.1) is 19.6 Å². The van der Waals surface area contributed by atoms with Crippen LogP contribution in [0, 0.1) is 12.3 Å². The Morgan fingerprint density at radius 2 is 2.07 bits per heavy atom. The van der Waals surface area contributed by atoms with Crippen LogP contribution in [0.2, 0.25) is 0 Å². The van der Waals surface area contributed by atoms with E-state index >= 15 is 0 Å². The number of rotatable bonds is 2. The van der Waals surface area contributed by atoms with Gasteiger partial charge < -0.3 is 4.74 Å². The topological polar surface area (TPSA) is 9.23 Å². The van der Waals surface area contributed by atoms with Gasteiger partial charge in [0.15, 0.2) is 5.75 Å². The van der Waals surface area contributed by atoms with Crippen molar-refractivity contribution in [3.63, 3.8) is 0 Å². The molecule has 1 rings (SSSR count). The average Bonchev–Trinajstić information content (AvgIpc) is 2.16. The standard InChI is InChI=1S/C11H7F3O/c1-3-8-6-5-7-9(4-2)10(8)15-11(12,13)14/h1,4-7H,2H2. The molecule has 0 saturated heterocycles. The highest BCUT2D eigenvalue weighted by Gasteiger charge is 2.32. The van der Waals surface area contributed by atoms with Crippen molar-refractivity contribution in [2.45, 2.75) is 6.36 Å². The first kappa shape index (κ1) is 11.2. The predicted molar refractivity (Wildman–Crippen MR) is 51.2 cm³/mol. The molecule has 0 heterocycles. The van der Waals surface area contributed by atoms with E-state index in [-0.39, 0.29) is 16.9 Å². The molecule has 0 aliphatic carbocycles. The van der Waals surface area contributed by atoms with E-state index in [1.54, 1.807) is 0 Å². The van der Waals surface area contributed by atoms with Crippen molar-refractivity contribution in [3.8, 4) is 18.1 Å². The molecule has 1 nitrogen and oxygen atoms in total. The van der Waals surface area contributed by atoms with E-state index in [9.17, 15) is 13.2 Å². The van der Waals surface area contributed by atoms with Gasteiger partial charge in [-0.1, -0.05) is 30.7 Å². The number of benzene rings is 1. The van der Waals surface area contributed by atoms with Gasteiger partial charge in [0.1, 0.15) is 0 Å². The van der Waals surface area contributed by atoms with Crippen LogP contribution in [0.15, 0.2) is 24.8 Å². The number of hydrogen-bond acceptors (Lipinski definition) is 1. The largest absolute Gasteiger partial charge is 0.573 e. The van der Waals surface area contributed by atoms with E-state index < -0.39 is 6.36 Å². The Hall–Kier alpha value is -1.89. The minimum Gasteiger partial charge on any atom is -0.404 e. The zero-order valence-corrected chi connectivity index (χ0v) is 7.64. The normalized spacial score (nSPS) is 10.5. The molecule has 78 valence electrons. The minimum absolute atomic E-state index is 0.0460. The highest BCUT2D eigenvalue weighted by molar-refractivity contribution is 5.62. The molecule has 0 atom stereocenters. The molecular weight excluding hydrogens is 205 g/mol. The summed E-state index contributed by atoms with van der Waals surface area (Å²) >= 11 is 0. The molecule has 0 unspecified atom stereocenters. The third kappa shape index (κ3) is 2.78. The molecule has 0 amide bonds. The lowest BCUT2D eigenvalue weighted by Crippen LogP contribution is -2.18. The Morgan fingerprint density at radius 3 is 2.53 bits per heavy atom. The van der Waals surface area contributed by atoms with Gasteiger partial charge in [0.05, 0.1) is 5.56 Å². The van der Waals surface area contributed by atoms with Crippen molar-refractivity contribution < 1.29 is 17.9 Å². The lowest BCUT2D eigenvalue weighted by molar-refractivity contribution is -0.274. The Morgan fingerprint density at radius 1 is 1.40 bits per heavy atom. The molecule has 0 aliphatic rings. The van der Waals surface area contributed by atoms with E-state index in [2.05, 4.69) is 17.2 Å². The van der Waals surface area contributed by atoms with Gasteiger partial charge in [0.25, 0.3) is 0 Å². The van der Waals surface area contributed by atoms with Gasteiger partial charge in [0, 0.05) is 5.56 Å². The number of hydrogen-bond donors (Lipinski definition) is 0. The smallest absolute Gasteiger partial charge is 0.404 e. The summed E-state index contributed by atoms with van der Waals surface area (Å²) in [6, 6.07) is 4.35. The van der Waals surface area contributed by atoms with Crippen LogP contribution < -0.4 is 4.74 Å². The third-order valence-corrected chi connectivity index (χ3v) is 1.64. The van der Waals surface area contributed by atoms with E-state index in [4.69, 9.17) is 6.42 Å². The van der Waals surface area contributed by atoms with Crippen LogP contribution in [0.25, 0.3) is 6.08 Å². The summed E-state index contributed by atoms with van der Waals surface area (Å²) < 4.78 is 40.0. The molecule has 0 N–H and O–H groups in total. The summed E-state index contributed by atoms with van der Waals surface area (Å²) in [4.78, 5) is 0. The highest BCUT2D eigenvalue weighted by atomic mass is 19.4. The number of halogens is 3. The van der Waals surface area contributed by atoms with Crippen molar-refractivity contribution >= 4 is 6.08 Å². The lowest BCUT2D eigenvalue weighted by atomic mass is 10.1. The molecule has 0 aromatic heterocycles. The quantitative estimate of drug-likeness (QED) is 0.684. The van der Waals surface area contributed by atoms with Crippen molar-refractivity contribution in [3.05, 3.63) is 35.9 Å². The molecule has 15 heavy (non-hydrogen) atoms. The van der Waals surface area contributed by atoms with E-state index in [1.807, 2.05) is 0 Å². The van der Waals surface area contributed by atoms with Crippen LogP contribution in [-0.2, 0) is 0 Å². The van der Waals surface area contributed by atoms with Crippen LogP contribution in [-0.4, -0.2) is 6.36 Å². The third-order valence-electron chi connectivity index (χ3n) is 1.64. The second kappa shape index (κ2) is 4.09. The molecule has 4 heteroatoms. The maximum Gasteiger partial charge on any atom is 0.573 e. The van der Waals surface area contributed by atoms with Crippen LogP contribution in [0.4, 0.5) is 13.2 Å². The number of terminal acetylenes is 1. The maximum absolute atomic E-state index is 12.0. The Balaban J connectivity index is 3.24. The summed E-state index contributed by atoms with van der Waals surface area (Å²) in [5.74, 6) is 1.73. The fraction of sp³-hybridized carbons (Fsp3) is 0.0909. The van der Waals surface area contributed by atoms with E-state index in [0.717, 1.165) is 0 Å². The summed E-state index contributed by atoms with van der Waals surface area (Å²) in [5, 5.41) is 0. The number of alkyl halides is 3. The summed E-state index contributed by atoms with van der Waals surface area (Å²) in [6.07, 6.45) is 1.55. The first-order chi connectivity index (χ1) is 6.98. The van der Waals surface area contributed by atoms with Crippen LogP contribution >= 0.6 is 0 Å². The van der Waals surface area contributed by atoms with Crippen molar-refractivity contribution in [1.82, 2.24) is 0 Å². The van der Waals surface area contributed by atoms with Crippen molar-refractivity contribution in [2.24, 2.45) is 0 Å². The second-order valence-corrected chi connectivity index (χ2v) is 2.62. The summed E-state index contributed by atoms with van der Waals surface area (Å²) in [5.41, 5.74) is 0.257. The zero-order valence-electron chi connectivity index (χ0n) is 7.64. The fourth-order valence-electron chi connectivity index (χ4n) is 1.06. The van der Waals surface area contributed by atoms with E-state index in [1.165, 1.54) is 24.3 Å². The van der Waals surface area contributed by atoms with Crippen molar-refractivity contribution in [1.29, 1.82) is 0 Å². The van der Waals surface area contributed by atoms with Gasteiger partial charge >= 0.3 is 6.36 Å². The Labute approximate surface area is 85.2 Å². The molecule has 0 radical (unpaired) electrons. The molecule has 1 aromatic carbocycles. The SMILES string of the molecule is C#Cc1cccc(C=C)c1OC(F)(F)F. The maximum atomic E-state index is 12.0.